The molecule has 3 N–H and O–H groups in total. The largest absolute Gasteiger partial charge is 0.351 e. The summed E-state index contributed by atoms with van der Waals surface area (Å²) in [4.78, 5) is 11.7. The maximum atomic E-state index is 11.9. The summed E-state index contributed by atoms with van der Waals surface area (Å²) < 4.78 is 11.9. The molecule has 0 spiro atoms. The van der Waals surface area contributed by atoms with E-state index in [1.54, 1.807) is 18.2 Å². The van der Waals surface area contributed by atoms with Gasteiger partial charge < -0.3 is 5.73 Å². The van der Waals surface area contributed by atoms with Gasteiger partial charge in [0.1, 0.15) is 11.7 Å². The second-order valence-corrected chi connectivity index (χ2v) is 3.34. The maximum absolute atomic E-state index is 11.9. The molecule has 1 aromatic carbocycles. The summed E-state index contributed by atoms with van der Waals surface area (Å²) >= 11 is 0. The van der Waals surface area contributed by atoms with Crippen molar-refractivity contribution in [2.45, 2.75) is 12.8 Å². The van der Waals surface area contributed by atoms with Gasteiger partial charge in [0.2, 0.25) is 0 Å². The van der Waals surface area contributed by atoms with Gasteiger partial charge in [0.25, 0.3) is 0 Å². The average molecular weight is 223 g/mol. The normalized spacial score (nSPS) is 14.3. The first-order valence-corrected chi connectivity index (χ1v) is 4.96. The summed E-state index contributed by atoms with van der Waals surface area (Å²) in [5.41, 5.74) is 4.93. The van der Waals surface area contributed by atoms with E-state index < -0.39 is 6.03 Å². The zero-order valence-electron chi connectivity index (χ0n) is 8.82. The molecule has 1 heterocycles. The summed E-state index contributed by atoms with van der Waals surface area (Å²) in [6.07, 6.45) is 1.56. The van der Waals surface area contributed by atoms with Crippen LogP contribution in [-0.4, -0.2) is 23.3 Å². The lowest BCUT2D eigenvalue weighted by molar-refractivity contribution is 0.232. The zero-order chi connectivity index (χ0) is 12.0. The van der Waals surface area contributed by atoms with Crippen molar-refractivity contribution in [1.29, 1.82) is 5.41 Å². The van der Waals surface area contributed by atoms with E-state index in [1.807, 2.05) is 0 Å². The molecule has 0 saturated carbocycles. The van der Waals surface area contributed by atoms with Crippen LogP contribution in [0.3, 0.4) is 0 Å². The molecule has 4 nitrogen and oxygen atoms in total. The van der Waals surface area contributed by atoms with Crippen molar-refractivity contribution in [2.24, 2.45) is 5.73 Å². The molecule has 0 aliphatic carbocycles. The van der Waals surface area contributed by atoms with Gasteiger partial charge in [-0.15, -0.1) is 0 Å². The number of amidine groups is 1. The van der Waals surface area contributed by atoms with Crippen LogP contribution < -0.4 is 5.73 Å². The lowest BCUT2D eigenvalue weighted by Gasteiger charge is -2.10. The molecule has 0 atom stereocenters. The third-order valence-electron chi connectivity index (χ3n) is 2.12. The number of carbonyl (C=O) groups excluding carboxylic acids is 1. The van der Waals surface area contributed by atoms with Crippen molar-refractivity contribution in [3.05, 3.63) is 36.1 Å². The molecule has 1 aliphatic rings. The second-order valence-electron chi connectivity index (χ2n) is 3.34. The summed E-state index contributed by atoms with van der Waals surface area (Å²) in [5, 5.41) is 7.16. The Morgan fingerprint density at radius 3 is 2.25 bits per heavy atom. The summed E-state index contributed by atoms with van der Waals surface area (Å²) in [6.45, 7) is 0.619. The van der Waals surface area contributed by atoms with Crippen molar-refractivity contribution in [2.75, 3.05) is 6.54 Å². The zero-order valence-corrected chi connectivity index (χ0v) is 8.82. The first-order valence-electron chi connectivity index (χ1n) is 4.96. The maximum Gasteiger partial charge on any atom is 0.320 e. The minimum atomic E-state index is -0.502. The van der Waals surface area contributed by atoms with Crippen LogP contribution in [0.2, 0.25) is 0 Å². The van der Waals surface area contributed by atoms with Gasteiger partial charge in [0.15, 0.2) is 0 Å². The first-order chi connectivity index (χ1) is 7.61. The van der Waals surface area contributed by atoms with Crippen LogP contribution in [0.1, 0.15) is 12.8 Å². The fourth-order valence-corrected chi connectivity index (χ4v) is 1.33. The molecule has 86 valence electrons. The number of nitrogens with two attached hydrogens (primary N) is 1. The van der Waals surface area contributed by atoms with E-state index in [9.17, 15) is 9.18 Å². The van der Waals surface area contributed by atoms with E-state index >= 15 is 0 Å². The van der Waals surface area contributed by atoms with Gasteiger partial charge in [-0.05, 0) is 18.6 Å². The van der Waals surface area contributed by atoms with Crippen LogP contribution in [0.4, 0.5) is 9.18 Å². The topological polar surface area (TPSA) is 70.2 Å². The second kappa shape index (κ2) is 5.85. The number of hydrogen-bond donors (Lipinski definition) is 2. The van der Waals surface area contributed by atoms with Crippen LogP contribution in [0.5, 0.6) is 0 Å². The van der Waals surface area contributed by atoms with Crippen LogP contribution in [0, 0.1) is 11.2 Å². The molecular formula is C11H14FN3O. The molecule has 1 aromatic rings. The van der Waals surface area contributed by atoms with E-state index in [2.05, 4.69) is 0 Å². The van der Waals surface area contributed by atoms with Gasteiger partial charge in [-0.3, -0.25) is 10.3 Å². The minimum Gasteiger partial charge on any atom is -0.351 e. The highest BCUT2D eigenvalue weighted by molar-refractivity contribution is 5.96. The summed E-state index contributed by atoms with van der Waals surface area (Å²) in [6, 6.07) is 7.44. The highest BCUT2D eigenvalue weighted by Gasteiger charge is 2.20. The van der Waals surface area contributed by atoms with Gasteiger partial charge in [-0.25, -0.2) is 9.18 Å². The van der Waals surface area contributed by atoms with Gasteiger partial charge in [-0.2, -0.15) is 0 Å². The Balaban J connectivity index is 0.000000165. The molecule has 0 unspecified atom stereocenters. The van der Waals surface area contributed by atoms with Gasteiger partial charge in [0.05, 0.1) is 0 Å². The fourth-order valence-electron chi connectivity index (χ4n) is 1.33. The Morgan fingerprint density at radius 1 is 1.38 bits per heavy atom. The standard InChI is InChI=1S/C6H5F.C5H9N3O/c7-6-4-2-1-3-5-6;6-4-2-1-3-8(4)5(7)9/h1-5H;6H,1-3H2,(H2,7,9). The molecule has 0 radical (unpaired) electrons. The predicted molar refractivity (Wildman–Crippen MR) is 59.7 cm³/mol. The Hall–Kier alpha value is -1.91. The van der Waals surface area contributed by atoms with E-state index in [0.29, 0.717) is 18.8 Å². The van der Waals surface area contributed by atoms with Crippen LogP contribution >= 0.6 is 0 Å². The third-order valence-corrected chi connectivity index (χ3v) is 2.12. The SMILES string of the molecule is Fc1ccccc1.N=C1CCCN1C(N)=O. The molecule has 5 heteroatoms. The van der Waals surface area contributed by atoms with Gasteiger partial charge >= 0.3 is 6.03 Å². The predicted octanol–water partition coefficient (Wildman–Crippen LogP) is 1.96. The monoisotopic (exact) mass is 223 g/mol. The lowest BCUT2D eigenvalue weighted by atomic mass is 10.4. The number of hydrogen-bond acceptors (Lipinski definition) is 2. The smallest absolute Gasteiger partial charge is 0.320 e. The van der Waals surface area contributed by atoms with E-state index in [-0.39, 0.29) is 5.82 Å². The molecule has 1 aliphatic heterocycles. The lowest BCUT2D eigenvalue weighted by Crippen LogP contribution is -2.35. The minimum absolute atomic E-state index is 0.178. The highest BCUT2D eigenvalue weighted by Crippen LogP contribution is 2.08. The highest BCUT2D eigenvalue weighted by atomic mass is 19.1. The van der Waals surface area contributed by atoms with Crippen molar-refractivity contribution in [1.82, 2.24) is 4.90 Å². The molecule has 0 bridgehead atoms. The molecule has 1 saturated heterocycles. The van der Waals surface area contributed by atoms with E-state index in [1.165, 1.54) is 17.0 Å². The number of carbonyl (C=O) groups is 1. The molecule has 16 heavy (non-hydrogen) atoms. The number of primary amides is 1. The summed E-state index contributed by atoms with van der Waals surface area (Å²) in [5.74, 6) is 0.171. The molecular weight excluding hydrogens is 209 g/mol. The van der Waals surface area contributed by atoms with Crippen molar-refractivity contribution in [3.8, 4) is 0 Å². The van der Waals surface area contributed by atoms with Crippen LogP contribution in [-0.2, 0) is 0 Å². The number of likely N-dealkylation sites (tertiary alicyclic amines) is 1. The number of urea groups is 1. The Kier molecular flexibility index (Phi) is 4.44. The Bertz CT molecular complexity index is 367. The van der Waals surface area contributed by atoms with Crippen molar-refractivity contribution >= 4 is 11.9 Å². The molecule has 0 aromatic heterocycles. The van der Waals surface area contributed by atoms with Crippen LogP contribution in [0.25, 0.3) is 0 Å². The quantitative estimate of drug-likeness (QED) is 0.693. The van der Waals surface area contributed by atoms with E-state index in [4.69, 9.17) is 11.1 Å². The molecule has 2 amide bonds. The van der Waals surface area contributed by atoms with Crippen molar-refractivity contribution < 1.29 is 9.18 Å². The molecule has 2 rings (SSSR count). The number of halogens is 1. The first kappa shape index (κ1) is 12.2. The number of rotatable bonds is 0. The van der Waals surface area contributed by atoms with Crippen molar-refractivity contribution in [3.63, 3.8) is 0 Å². The number of nitrogens with zero attached hydrogens (tertiary/aromatic N) is 1. The number of nitrogens with one attached hydrogen (secondary N) is 1. The van der Waals surface area contributed by atoms with Gasteiger partial charge in [0, 0.05) is 13.0 Å². The van der Waals surface area contributed by atoms with E-state index in [0.717, 1.165) is 6.42 Å². The Labute approximate surface area is 93.4 Å². The van der Waals surface area contributed by atoms with Gasteiger partial charge in [-0.1, -0.05) is 18.2 Å². The number of benzene rings is 1. The Morgan fingerprint density at radius 2 is 2.00 bits per heavy atom. The van der Waals surface area contributed by atoms with Crippen LogP contribution in [0.15, 0.2) is 30.3 Å². The molecule has 1 fully saturated rings. The fraction of sp³-hybridized carbons (Fsp3) is 0.273. The third kappa shape index (κ3) is 3.68. The number of amides is 2. The average Bonchev–Trinajstić information content (AvgIpc) is 2.66. The summed E-state index contributed by atoms with van der Waals surface area (Å²) in [7, 11) is 0.